The van der Waals surface area contributed by atoms with Crippen molar-refractivity contribution in [1.29, 1.82) is 0 Å². The normalized spacial score (nSPS) is 9.83. The van der Waals surface area contributed by atoms with Gasteiger partial charge in [-0.05, 0) is 18.6 Å². The lowest BCUT2D eigenvalue weighted by atomic mass is 10.2. The van der Waals surface area contributed by atoms with Crippen molar-refractivity contribution in [2.45, 2.75) is 13.8 Å². The van der Waals surface area contributed by atoms with Gasteiger partial charge in [0, 0.05) is 6.92 Å². The highest BCUT2D eigenvalue weighted by Gasteiger charge is 2.10. The molecule has 0 saturated carbocycles. The van der Waals surface area contributed by atoms with E-state index in [2.05, 4.69) is 6.58 Å². The topological polar surface area (TPSA) is 56.2 Å². The standard InChI is InChI=1S/C9H11NO2/c1-5-4-8(7(3)11)12-9(5)6(2)10/h4H,2,10H2,1,3H3. The third-order valence-electron chi connectivity index (χ3n) is 1.56. The molecule has 0 aliphatic carbocycles. The van der Waals surface area contributed by atoms with E-state index < -0.39 is 0 Å². The lowest BCUT2D eigenvalue weighted by molar-refractivity contribution is 0.0987. The predicted molar refractivity (Wildman–Crippen MR) is 46.7 cm³/mol. The van der Waals surface area contributed by atoms with Gasteiger partial charge in [-0.15, -0.1) is 0 Å². The van der Waals surface area contributed by atoms with Gasteiger partial charge in [0.1, 0.15) is 0 Å². The summed E-state index contributed by atoms with van der Waals surface area (Å²) in [5, 5.41) is 0. The summed E-state index contributed by atoms with van der Waals surface area (Å²) in [6.07, 6.45) is 0. The maximum absolute atomic E-state index is 10.9. The summed E-state index contributed by atoms with van der Waals surface area (Å²) in [5.41, 5.74) is 6.62. The van der Waals surface area contributed by atoms with Crippen molar-refractivity contribution in [2.75, 3.05) is 0 Å². The van der Waals surface area contributed by atoms with Crippen LogP contribution in [-0.4, -0.2) is 5.78 Å². The molecule has 0 fully saturated rings. The highest BCUT2D eigenvalue weighted by atomic mass is 16.3. The first-order chi connectivity index (χ1) is 5.52. The lowest BCUT2D eigenvalue weighted by Gasteiger charge is -1.93. The molecule has 1 aromatic heterocycles. The summed E-state index contributed by atoms with van der Waals surface area (Å²) in [5.74, 6) is 0.722. The second-order valence-corrected chi connectivity index (χ2v) is 2.70. The molecule has 0 aromatic carbocycles. The monoisotopic (exact) mass is 165 g/mol. The molecule has 1 aromatic rings. The van der Waals surface area contributed by atoms with Gasteiger partial charge in [-0.25, -0.2) is 0 Å². The number of carbonyl (C=O) groups is 1. The molecule has 0 atom stereocenters. The van der Waals surface area contributed by atoms with Gasteiger partial charge in [0.05, 0.1) is 5.70 Å². The second kappa shape index (κ2) is 2.85. The van der Waals surface area contributed by atoms with Crippen molar-refractivity contribution in [3.05, 3.63) is 29.7 Å². The van der Waals surface area contributed by atoms with Crippen LogP contribution in [0.3, 0.4) is 0 Å². The van der Waals surface area contributed by atoms with Crippen LogP contribution in [-0.2, 0) is 0 Å². The zero-order valence-corrected chi connectivity index (χ0v) is 7.18. The van der Waals surface area contributed by atoms with Crippen molar-refractivity contribution in [3.8, 4) is 0 Å². The largest absolute Gasteiger partial charge is 0.451 e. The first-order valence-electron chi connectivity index (χ1n) is 3.58. The number of Topliss-reactive ketones (excluding diaryl/α,β-unsaturated/α-hetero) is 1. The molecule has 0 saturated heterocycles. The van der Waals surface area contributed by atoms with Gasteiger partial charge in [-0.3, -0.25) is 4.79 Å². The molecule has 64 valence electrons. The van der Waals surface area contributed by atoms with Crippen molar-refractivity contribution in [3.63, 3.8) is 0 Å². The number of hydrogen-bond acceptors (Lipinski definition) is 3. The van der Waals surface area contributed by atoms with E-state index in [1.165, 1.54) is 6.92 Å². The number of rotatable bonds is 2. The first-order valence-corrected chi connectivity index (χ1v) is 3.58. The summed E-state index contributed by atoms with van der Waals surface area (Å²) in [7, 11) is 0. The van der Waals surface area contributed by atoms with Crippen LogP contribution in [0, 0.1) is 6.92 Å². The Morgan fingerprint density at radius 3 is 2.50 bits per heavy atom. The summed E-state index contributed by atoms with van der Waals surface area (Å²) in [4.78, 5) is 10.9. The molecule has 0 amide bonds. The van der Waals surface area contributed by atoms with E-state index >= 15 is 0 Å². The summed E-state index contributed by atoms with van der Waals surface area (Å²) < 4.78 is 5.16. The Hall–Kier alpha value is -1.51. The average Bonchev–Trinajstić information content (AvgIpc) is 2.30. The SMILES string of the molecule is C=C(N)c1oc(C(C)=O)cc1C. The van der Waals surface area contributed by atoms with E-state index in [0.29, 0.717) is 17.2 Å². The van der Waals surface area contributed by atoms with E-state index in [4.69, 9.17) is 10.2 Å². The number of nitrogens with two attached hydrogens (primary N) is 1. The Morgan fingerprint density at radius 1 is 1.67 bits per heavy atom. The Balaban J connectivity index is 3.17. The van der Waals surface area contributed by atoms with Gasteiger partial charge in [-0.2, -0.15) is 0 Å². The van der Waals surface area contributed by atoms with E-state index in [1.54, 1.807) is 6.07 Å². The van der Waals surface area contributed by atoms with Gasteiger partial charge in [0.15, 0.2) is 17.3 Å². The Morgan fingerprint density at radius 2 is 2.25 bits per heavy atom. The molecule has 0 bridgehead atoms. The molecular weight excluding hydrogens is 154 g/mol. The van der Waals surface area contributed by atoms with Crippen LogP contribution in [0.2, 0.25) is 0 Å². The Bertz CT molecular complexity index is 336. The van der Waals surface area contributed by atoms with Crippen LogP contribution in [0.4, 0.5) is 0 Å². The van der Waals surface area contributed by atoms with E-state index in [1.807, 2.05) is 6.92 Å². The van der Waals surface area contributed by atoms with E-state index in [9.17, 15) is 4.79 Å². The zero-order valence-electron chi connectivity index (χ0n) is 7.18. The molecule has 3 heteroatoms. The third-order valence-corrected chi connectivity index (χ3v) is 1.56. The predicted octanol–water partition coefficient (Wildman–Crippen LogP) is 1.72. The van der Waals surface area contributed by atoms with Crippen molar-refractivity contribution in [1.82, 2.24) is 0 Å². The van der Waals surface area contributed by atoms with Crippen LogP contribution in [0.25, 0.3) is 5.70 Å². The smallest absolute Gasteiger partial charge is 0.194 e. The molecule has 2 N–H and O–H groups in total. The van der Waals surface area contributed by atoms with Gasteiger partial charge in [0.2, 0.25) is 0 Å². The zero-order chi connectivity index (χ0) is 9.30. The molecule has 0 spiro atoms. The summed E-state index contributed by atoms with van der Waals surface area (Å²) in [6, 6.07) is 1.66. The molecular formula is C9H11NO2. The molecule has 3 nitrogen and oxygen atoms in total. The fourth-order valence-corrected chi connectivity index (χ4v) is 0.974. The quantitative estimate of drug-likeness (QED) is 0.679. The number of furan rings is 1. The molecule has 0 aliphatic rings. The fourth-order valence-electron chi connectivity index (χ4n) is 0.974. The van der Waals surface area contributed by atoms with E-state index in [-0.39, 0.29) is 5.78 Å². The molecule has 1 rings (SSSR count). The molecule has 12 heavy (non-hydrogen) atoms. The van der Waals surface area contributed by atoms with Crippen molar-refractivity contribution in [2.24, 2.45) is 5.73 Å². The lowest BCUT2D eigenvalue weighted by Crippen LogP contribution is -1.93. The molecule has 0 aliphatic heterocycles. The number of carbonyl (C=O) groups excluding carboxylic acids is 1. The number of hydrogen-bond donors (Lipinski definition) is 1. The van der Waals surface area contributed by atoms with Gasteiger partial charge in [0.25, 0.3) is 0 Å². The highest BCUT2D eigenvalue weighted by Crippen LogP contribution is 2.18. The first kappa shape index (κ1) is 8.59. The fraction of sp³-hybridized carbons (Fsp3) is 0.222. The van der Waals surface area contributed by atoms with Gasteiger partial charge in [-0.1, -0.05) is 6.58 Å². The van der Waals surface area contributed by atoms with Crippen LogP contribution in [0.5, 0.6) is 0 Å². The number of ketones is 1. The third kappa shape index (κ3) is 1.39. The maximum atomic E-state index is 10.9. The minimum absolute atomic E-state index is 0.106. The highest BCUT2D eigenvalue weighted by molar-refractivity contribution is 5.92. The minimum Gasteiger partial charge on any atom is -0.451 e. The molecule has 0 unspecified atom stereocenters. The Labute approximate surface area is 70.9 Å². The van der Waals surface area contributed by atoms with Crippen molar-refractivity contribution >= 4 is 11.5 Å². The molecule has 0 radical (unpaired) electrons. The Kier molecular flexibility index (Phi) is 2.04. The van der Waals surface area contributed by atoms with Gasteiger partial charge >= 0.3 is 0 Å². The minimum atomic E-state index is -0.106. The van der Waals surface area contributed by atoms with E-state index in [0.717, 1.165) is 5.56 Å². The van der Waals surface area contributed by atoms with Crippen LogP contribution >= 0.6 is 0 Å². The summed E-state index contributed by atoms with van der Waals surface area (Å²) >= 11 is 0. The number of aryl methyl sites for hydroxylation is 1. The maximum Gasteiger partial charge on any atom is 0.194 e. The second-order valence-electron chi connectivity index (χ2n) is 2.70. The van der Waals surface area contributed by atoms with Crippen molar-refractivity contribution < 1.29 is 9.21 Å². The summed E-state index contributed by atoms with van der Waals surface area (Å²) in [6.45, 7) is 6.80. The van der Waals surface area contributed by atoms with Crippen LogP contribution in [0.15, 0.2) is 17.1 Å². The molecule has 1 heterocycles. The van der Waals surface area contributed by atoms with Crippen LogP contribution in [0.1, 0.15) is 28.8 Å². The average molecular weight is 165 g/mol. The van der Waals surface area contributed by atoms with Gasteiger partial charge < -0.3 is 10.2 Å². The van der Waals surface area contributed by atoms with Crippen LogP contribution < -0.4 is 5.73 Å².